The molecule has 5 aliphatic carbocycles. The molecule has 52 heavy (non-hydrogen) atoms. The second kappa shape index (κ2) is 17.6. The summed E-state index contributed by atoms with van der Waals surface area (Å²) in [4.78, 5) is 30.4. The number of hydrogen-bond acceptors (Lipinski definition) is 7. The largest absolute Gasteiger partial charge is 0.396 e. The lowest BCUT2D eigenvalue weighted by Crippen LogP contribution is -2.57. The van der Waals surface area contributed by atoms with Gasteiger partial charge in [0.15, 0.2) is 0 Å². The van der Waals surface area contributed by atoms with Gasteiger partial charge in [0.25, 0.3) is 0 Å². The zero-order valence-electron chi connectivity index (χ0n) is 33.1. The van der Waals surface area contributed by atoms with Crippen molar-refractivity contribution in [3.63, 3.8) is 0 Å². The standard InChI is InChI=1S/C42H74N4O6/c1-28(27-49)10-13-36-29(2)39-37(52-36)25-35-33-12-11-30-24-31(14-16-41(30,3)34(33)15-17-42(35,39)4)44-40(51)46(32-8-6-5-7-9-32)19-18-43-38(50)26-45(20-22-47)21-23-48/h28-37,39,47-49H,5-27H2,1-4H3,(H,43,50)(H,44,51)/t28?,29-,30?,31-,33?,34?,35?,36?,37?,39?,41?,42?/m1/s1. The number of carbonyl (C=O) groups is 2. The second-order valence-corrected chi connectivity index (χ2v) is 18.9. The molecule has 6 fully saturated rings. The molecule has 6 aliphatic rings. The summed E-state index contributed by atoms with van der Waals surface area (Å²) in [6, 6.07) is 0.450. The molecule has 3 amide bonds. The predicted octanol–water partition coefficient (Wildman–Crippen LogP) is 5.18. The summed E-state index contributed by atoms with van der Waals surface area (Å²) in [5.41, 5.74) is 0.711. The van der Waals surface area contributed by atoms with Gasteiger partial charge in [0, 0.05) is 44.9 Å². The second-order valence-electron chi connectivity index (χ2n) is 18.9. The summed E-state index contributed by atoms with van der Waals surface area (Å²) >= 11 is 0. The molecular weight excluding hydrogens is 656 g/mol. The fourth-order valence-electron chi connectivity index (χ4n) is 13.2. The van der Waals surface area contributed by atoms with E-state index in [9.17, 15) is 24.9 Å². The fraction of sp³-hybridized carbons (Fsp3) is 0.952. The van der Waals surface area contributed by atoms with Crippen LogP contribution in [-0.2, 0) is 9.53 Å². The predicted molar refractivity (Wildman–Crippen MR) is 203 cm³/mol. The van der Waals surface area contributed by atoms with Crippen molar-refractivity contribution in [1.82, 2.24) is 20.4 Å². The Morgan fingerprint density at radius 2 is 1.62 bits per heavy atom. The smallest absolute Gasteiger partial charge is 0.317 e. The number of fused-ring (bicyclic) bond motifs is 7. The fourth-order valence-corrected chi connectivity index (χ4v) is 13.2. The lowest BCUT2D eigenvalue weighted by Gasteiger charge is -2.61. The van der Waals surface area contributed by atoms with Crippen LogP contribution < -0.4 is 10.6 Å². The number of hydrogen-bond donors (Lipinski definition) is 5. The van der Waals surface area contributed by atoms with E-state index in [1.807, 2.05) is 4.90 Å². The number of carbonyl (C=O) groups excluding carboxylic acids is 2. The Labute approximate surface area is 314 Å². The van der Waals surface area contributed by atoms with Crippen molar-refractivity contribution in [3.8, 4) is 0 Å². The molecule has 298 valence electrons. The minimum atomic E-state index is -0.146. The number of nitrogens with one attached hydrogen (secondary N) is 2. The molecule has 5 N–H and O–H groups in total. The zero-order valence-corrected chi connectivity index (χ0v) is 33.1. The van der Waals surface area contributed by atoms with E-state index in [0.717, 1.165) is 69.1 Å². The molecule has 6 rings (SSSR count). The lowest BCUT2D eigenvalue weighted by molar-refractivity contribution is -0.122. The summed E-state index contributed by atoms with van der Waals surface area (Å²) in [6.45, 7) is 11.7. The van der Waals surface area contributed by atoms with Crippen LogP contribution in [0.15, 0.2) is 0 Å². The third-order valence-electron chi connectivity index (χ3n) is 16.0. The molecule has 0 aromatic carbocycles. The van der Waals surface area contributed by atoms with Crippen molar-refractivity contribution >= 4 is 11.9 Å². The van der Waals surface area contributed by atoms with Gasteiger partial charge in [-0.2, -0.15) is 0 Å². The summed E-state index contributed by atoms with van der Waals surface area (Å²) in [7, 11) is 0. The Bertz CT molecular complexity index is 1180. The van der Waals surface area contributed by atoms with Crippen LogP contribution in [0.1, 0.15) is 124 Å². The normalized spacial score (nSPS) is 39.3. The van der Waals surface area contributed by atoms with Gasteiger partial charge in [0.2, 0.25) is 5.91 Å². The molecule has 5 saturated carbocycles. The average Bonchev–Trinajstić information content (AvgIpc) is 3.62. The van der Waals surface area contributed by atoms with Gasteiger partial charge in [-0.05, 0) is 129 Å². The number of rotatable bonds is 15. The summed E-state index contributed by atoms with van der Waals surface area (Å²) < 4.78 is 6.88. The van der Waals surface area contributed by atoms with E-state index in [-0.39, 0.29) is 50.4 Å². The van der Waals surface area contributed by atoms with Gasteiger partial charge in [0.05, 0.1) is 32.0 Å². The monoisotopic (exact) mass is 731 g/mol. The van der Waals surface area contributed by atoms with Gasteiger partial charge in [-0.25, -0.2) is 4.79 Å². The zero-order chi connectivity index (χ0) is 37.0. The first-order chi connectivity index (χ1) is 25.0. The molecule has 10 unspecified atom stereocenters. The van der Waals surface area contributed by atoms with Crippen LogP contribution in [0.2, 0.25) is 0 Å². The van der Waals surface area contributed by atoms with E-state index in [1.165, 1.54) is 44.9 Å². The van der Waals surface area contributed by atoms with Crippen LogP contribution in [-0.4, -0.2) is 114 Å². The molecule has 0 aromatic rings. The number of ether oxygens (including phenoxy) is 1. The summed E-state index contributed by atoms with van der Waals surface area (Å²) in [6.07, 6.45) is 18.2. The van der Waals surface area contributed by atoms with Crippen LogP contribution in [0.5, 0.6) is 0 Å². The maximum Gasteiger partial charge on any atom is 0.317 e. The highest BCUT2D eigenvalue weighted by atomic mass is 16.5. The molecule has 1 heterocycles. The molecular formula is C42H74N4O6. The van der Waals surface area contributed by atoms with Crippen molar-refractivity contribution in [2.75, 3.05) is 52.5 Å². The molecule has 1 aliphatic heterocycles. The van der Waals surface area contributed by atoms with Gasteiger partial charge in [-0.1, -0.05) is 47.0 Å². The quantitative estimate of drug-likeness (QED) is 0.157. The van der Waals surface area contributed by atoms with Gasteiger partial charge >= 0.3 is 6.03 Å². The molecule has 0 radical (unpaired) electrons. The number of aliphatic hydroxyl groups excluding tert-OH is 3. The first-order valence-electron chi connectivity index (χ1n) is 21.6. The van der Waals surface area contributed by atoms with Crippen molar-refractivity contribution in [2.45, 2.75) is 148 Å². The maximum absolute atomic E-state index is 14.0. The number of amides is 3. The SMILES string of the molecule is CC(CO)CCC1OC2CC3C4CCC5C[C@H](NC(=O)N(CCNC(=O)CN(CCO)CCO)C6CCCCC6)CCC5(C)C4CCC3(C)C2[C@@H]1C. The molecule has 12 atom stereocenters. The van der Waals surface area contributed by atoms with Crippen LogP contribution >= 0.6 is 0 Å². The van der Waals surface area contributed by atoms with Crippen molar-refractivity contribution in [3.05, 3.63) is 0 Å². The van der Waals surface area contributed by atoms with Gasteiger partial charge in [0.1, 0.15) is 0 Å². The van der Waals surface area contributed by atoms with E-state index in [0.29, 0.717) is 72.9 Å². The van der Waals surface area contributed by atoms with Gasteiger partial charge in [-0.3, -0.25) is 9.69 Å². The van der Waals surface area contributed by atoms with Crippen LogP contribution in [0, 0.1) is 52.3 Å². The highest BCUT2D eigenvalue weighted by molar-refractivity contribution is 5.78. The van der Waals surface area contributed by atoms with E-state index in [2.05, 4.69) is 38.3 Å². The van der Waals surface area contributed by atoms with Gasteiger partial charge in [-0.15, -0.1) is 0 Å². The van der Waals surface area contributed by atoms with Gasteiger partial charge < -0.3 is 35.6 Å². The maximum atomic E-state index is 14.0. The highest BCUT2D eigenvalue weighted by Gasteiger charge is 2.65. The first kappa shape index (κ1) is 40.2. The van der Waals surface area contributed by atoms with Crippen LogP contribution in [0.3, 0.4) is 0 Å². The minimum Gasteiger partial charge on any atom is -0.396 e. The van der Waals surface area contributed by atoms with Crippen LogP contribution in [0.4, 0.5) is 4.79 Å². The number of nitrogens with zero attached hydrogens (tertiary/aromatic N) is 2. The molecule has 0 bridgehead atoms. The minimum absolute atomic E-state index is 0.0368. The molecule has 10 nitrogen and oxygen atoms in total. The van der Waals surface area contributed by atoms with Crippen molar-refractivity contribution in [2.24, 2.45) is 52.3 Å². The third kappa shape index (κ3) is 8.36. The Hall–Kier alpha value is -1.46. The Morgan fingerprint density at radius 1 is 0.885 bits per heavy atom. The Balaban J connectivity index is 1.03. The Kier molecular flexibility index (Phi) is 13.6. The Morgan fingerprint density at radius 3 is 2.33 bits per heavy atom. The van der Waals surface area contributed by atoms with E-state index in [1.54, 1.807) is 4.90 Å². The lowest BCUT2D eigenvalue weighted by atomic mass is 9.44. The number of aliphatic hydroxyl groups is 3. The summed E-state index contributed by atoms with van der Waals surface area (Å²) in [5.74, 6) is 4.42. The highest BCUT2D eigenvalue weighted by Crippen LogP contribution is 2.70. The van der Waals surface area contributed by atoms with Crippen molar-refractivity contribution in [1.29, 1.82) is 0 Å². The number of urea groups is 1. The summed E-state index contributed by atoms with van der Waals surface area (Å²) in [5, 5.41) is 34.7. The van der Waals surface area contributed by atoms with Crippen molar-refractivity contribution < 1.29 is 29.6 Å². The van der Waals surface area contributed by atoms with E-state index in [4.69, 9.17) is 4.74 Å². The molecule has 0 spiro atoms. The van der Waals surface area contributed by atoms with E-state index < -0.39 is 0 Å². The molecule has 0 aromatic heterocycles. The molecule has 1 saturated heterocycles. The van der Waals surface area contributed by atoms with E-state index >= 15 is 0 Å². The first-order valence-corrected chi connectivity index (χ1v) is 21.6. The topological polar surface area (TPSA) is 135 Å². The van der Waals surface area contributed by atoms with Crippen LogP contribution in [0.25, 0.3) is 0 Å². The third-order valence-corrected chi connectivity index (χ3v) is 16.0. The average molecular weight is 731 g/mol. The molecule has 10 heteroatoms.